The number of aromatic hydroxyl groups is 1. The average Bonchev–Trinajstić information content (AvgIpc) is 2.68. The van der Waals surface area contributed by atoms with E-state index in [1.807, 2.05) is 0 Å². The highest BCUT2D eigenvalue weighted by Crippen LogP contribution is 2.34. The predicted molar refractivity (Wildman–Crippen MR) is 95.4 cm³/mol. The van der Waals surface area contributed by atoms with Crippen LogP contribution in [0.5, 0.6) is 5.75 Å². The largest absolute Gasteiger partial charge is 0.502 e. The summed E-state index contributed by atoms with van der Waals surface area (Å²) in [6.07, 6.45) is 3.00. The van der Waals surface area contributed by atoms with Gasteiger partial charge in [0, 0.05) is 25.6 Å². The van der Waals surface area contributed by atoms with E-state index in [-0.39, 0.29) is 24.5 Å². The van der Waals surface area contributed by atoms with E-state index < -0.39 is 23.1 Å². The molecule has 0 saturated carbocycles. The lowest BCUT2D eigenvalue weighted by Crippen LogP contribution is -2.14. The number of hydrogen-bond donors (Lipinski definition) is 1. The van der Waals surface area contributed by atoms with Crippen LogP contribution in [0.2, 0.25) is 0 Å². The van der Waals surface area contributed by atoms with Crippen LogP contribution >= 0.6 is 0 Å². The highest BCUT2D eigenvalue weighted by atomic mass is 16.5. The maximum atomic E-state index is 12.1. The molecule has 1 N–H and O–H groups in total. The number of fused-ring (bicyclic) bond motifs is 1. The maximum absolute atomic E-state index is 12.1. The summed E-state index contributed by atoms with van der Waals surface area (Å²) >= 11 is 0. The number of rotatable bonds is 6. The van der Waals surface area contributed by atoms with Crippen LogP contribution in [-0.4, -0.2) is 35.3 Å². The number of nitrogens with zero attached hydrogens (tertiary/aromatic N) is 2. The highest BCUT2D eigenvalue weighted by molar-refractivity contribution is 5.76. The normalized spacial score (nSPS) is 12.1. The number of carbonyl (C=O) groups excluding carboxylic acids is 1. The molecule has 140 valence electrons. The van der Waals surface area contributed by atoms with Gasteiger partial charge in [0.15, 0.2) is 5.76 Å². The summed E-state index contributed by atoms with van der Waals surface area (Å²) in [5.74, 6) is -1.59. The molecule has 0 bridgehead atoms. The van der Waals surface area contributed by atoms with Crippen LogP contribution in [0.4, 0.5) is 0 Å². The molecule has 2 aromatic heterocycles. The van der Waals surface area contributed by atoms with Crippen molar-refractivity contribution in [3.8, 4) is 5.75 Å². The first-order chi connectivity index (χ1) is 13.0. The van der Waals surface area contributed by atoms with Gasteiger partial charge in [-0.25, -0.2) is 0 Å². The smallest absolute Gasteiger partial charge is 0.306 e. The molecule has 0 radical (unpaired) electrons. The van der Waals surface area contributed by atoms with Gasteiger partial charge in [-0.05, 0) is 17.7 Å². The van der Waals surface area contributed by atoms with Crippen LogP contribution < -0.4 is 5.43 Å². The number of aromatic nitrogens is 2. The lowest BCUT2D eigenvalue weighted by Gasteiger charge is -2.17. The Morgan fingerprint density at radius 1 is 1.19 bits per heavy atom. The molecular weight excluding hydrogens is 352 g/mol. The summed E-state index contributed by atoms with van der Waals surface area (Å²) in [6, 6.07) is 6.38. The first-order valence-corrected chi connectivity index (χ1v) is 8.15. The second kappa shape index (κ2) is 7.96. The molecule has 1 atom stereocenters. The number of esters is 1. The Morgan fingerprint density at radius 2 is 1.93 bits per heavy atom. The van der Waals surface area contributed by atoms with E-state index in [0.29, 0.717) is 16.6 Å². The zero-order chi connectivity index (χ0) is 19.4. The summed E-state index contributed by atoms with van der Waals surface area (Å²) in [4.78, 5) is 32.6. The van der Waals surface area contributed by atoms with E-state index >= 15 is 0 Å². The molecular formula is C19H18N2O6. The fourth-order valence-corrected chi connectivity index (χ4v) is 2.81. The molecule has 0 aliphatic heterocycles. The van der Waals surface area contributed by atoms with Crippen molar-refractivity contribution in [2.24, 2.45) is 0 Å². The average molecular weight is 370 g/mol. The van der Waals surface area contributed by atoms with Crippen molar-refractivity contribution in [2.45, 2.75) is 18.9 Å². The summed E-state index contributed by atoms with van der Waals surface area (Å²) in [5, 5.41) is 10.3. The Kier molecular flexibility index (Phi) is 5.46. The SMILES string of the molecule is COCc1cc(=O)c(O)c([C@H](CC(=O)OC)c2ccc3nccnc3c2)o1. The second-order valence-corrected chi connectivity index (χ2v) is 5.86. The first kappa shape index (κ1) is 18.5. The molecule has 0 saturated heterocycles. The minimum Gasteiger partial charge on any atom is -0.502 e. The van der Waals surface area contributed by atoms with E-state index in [4.69, 9.17) is 13.9 Å². The molecule has 0 amide bonds. The first-order valence-electron chi connectivity index (χ1n) is 8.15. The molecule has 1 aromatic carbocycles. The molecule has 0 spiro atoms. The Bertz CT molecular complexity index is 1030. The van der Waals surface area contributed by atoms with Gasteiger partial charge in [-0.15, -0.1) is 0 Å². The van der Waals surface area contributed by atoms with Crippen molar-refractivity contribution < 1.29 is 23.8 Å². The lowest BCUT2D eigenvalue weighted by atomic mass is 9.91. The summed E-state index contributed by atoms with van der Waals surface area (Å²) < 4.78 is 15.4. The van der Waals surface area contributed by atoms with Crippen molar-refractivity contribution >= 4 is 17.0 Å². The number of ether oxygens (including phenoxy) is 2. The number of carbonyl (C=O) groups is 1. The standard InChI is InChI=1S/C19H18N2O6/c1-25-10-12-8-16(22)18(24)19(27-12)13(9-17(23)26-2)11-3-4-14-15(7-11)21-6-5-20-14/h3-8,13,24H,9-10H2,1-2H3/t13-/m1/s1. The Morgan fingerprint density at radius 3 is 2.63 bits per heavy atom. The topological polar surface area (TPSA) is 112 Å². The predicted octanol–water partition coefficient (Wildman–Crippen LogP) is 2.13. The molecule has 2 heterocycles. The third kappa shape index (κ3) is 3.95. The molecule has 0 unspecified atom stereocenters. The van der Waals surface area contributed by atoms with Crippen LogP contribution in [0, 0.1) is 0 Å². The van der Waals surface area contributed by atoms with Gasteiger partial charge >= 0.3 is 5.97 Å². The Balaban J connectivity index is 2.16. The van der Waals surface area contributed by atoms with Gasteiger partial charge in [0.25, 0.3) is 0 Å². The molecule has 8 heteroatoms. The third-order valence-electron chi connectivity index (χ3n) is 4.10. The van der Waals surface area contributed by atoms with Gasteiger partial charge in [0.1, 0.15) is 12.4 Å². The van der Waals surface area contributed by atoms with Crippen molar-refractivity contribution in [3.05, 3.63) is 64.0 Å². The molecule has 0 fully saturated rings. The highest BCUT2D eigenvalue weighted by Gasteiger charge is 2.27. The minimum absolute atomic E-state index is 0.0248. The Hall–Kier alpha value is -3.26. The summed E-state index contributed by atoms with van der Waals surface area (Å²) in [5.41, 5.74) is 1.30. The maximum Gasteiger partial charge on any atom is 0.306 e. The van der Waals surface area contributed by atoms with Crippen LogP contribution in [0.3, 0.4) is 0 Å². The zero-order valence-corrected chi connectivity index (χ0v) is 14.8. The molecule has 0 aliphatic rings. The summed E-state index contributed by atoms with van der Waals surface area (Å²) in [6.45, 7) is 0.0522. The third-order valence-corrected chi connectivity index (χ3v) is 4.10. The van der Waals surface area contributed by atoms with E-state index in [9.17, 15) is 14.7 Å². The molecule has 27 heavy (non-hydrogen) atoms. The summed E-state index contributed by atoms with van der Waals surface area (Å²) in [7, 11) is 2.73. The fraction of sp³-hybridized carbons (Fsp3) is 0.263. The molecule has 3 aromatic rings. The zero-order valence-electron chi connectivity index (χ0n) is 14.8. The lowest BCUT2D eigenvalue weighted by molar-refractivity contribution is -0.140. The molecule has 3 rings (SSSR count). The number of hydrogen-bond acceptors (Lipinski definition) is 8. The fourth-order valence-electron chi connectivity index (χ4n) is 2.81. The minimum atomic E-state index is -0.742. The van der Waals surface area contributed by atoms with Crippen molar-refractivity contribution in [1.29, 1.82) is 0 Å². The molecule has 0 aliphatic carbocycles. The van der Waals surface area contributed by atoms with E-state index in [0.717, 1.165) is 6.07 Å². The van der Waals surface area contributed by atoms with E-state index in [2.05, 4.69) is 9.97 Å². The second-order valence-electron chi connectivity index (χ2n) is 5.86. The van der Waals surface area contributed by atoms with Gasteiger partial charge in [-0.2, -0.15) is 0 Å². The van der Waals surface area contributed by atoms with Crippen molar-refractivity contribution in [3.63, 3.8) is 0 Å². The van der Waals surface area contributed by atoms with Crippen LogP contribution in [-0.2, 0) is 20.9 Å². The van der Waals surface area contributed by atoms with E-state index in [1.165, 1.54) is 14.2 Å². The van der Waals surface area contributed by atoms with Gasteiger partial charge in [0.2, 0.25) is 11.2 Å². The number of benzene rings is 1. The van der Waals surface area contributed by atoms with Crippen molar-refractivity contribution in [1.82, 2.24) is 9.97 Å². The van der Waals surface area contributed by atoms with E-state index in [1.54, 1.807) is 30.6 Å². The number of methoxy groups -OCH3 is 2. The van der Waals surface area contributed by atoms with Gasteiger partial charge in [-0.3, -0.25) is 19.6 Å². The monoisotopic (exact) mass is 370 g/mol. The Labute approximate surface area is 154 Å². The van der Waals surface area contributed by atoms with Gasteiger partial charge in [-0.1, -0.05) is 6.07 Å². The van der Waals surface area contributed by atoms with Crippen LogP contribution in [0.15, 0.2) is 45.9 Å². The van der Waals surface area contributed by atoms with Crippen molar-refractivity contribution in [2.75, 3.05) is 14.2 Å². The van der Waals surface area contributed by atoms with Gasteiger partial charge in [0.05, 0.1) is 30.5 Å². The van der Waals surface area contributed by atoms with Gasteiger partial charge < -0.3 is 19.0 Å². The molecule has 8 nitrogen and oxygen atoms in total. The quantitative estimate of drug-likeness (QED) is 0.657. The van der Waals surface area contributed by atoms with Crippen LogP contribution in [0.25, 0.3) is 11.0 Å². The van der Waals surface area contributed by atoms with Crippen LogP contribution in [0.1, 0.15) is 29.4 Å².